The van der Waals surface area contributed by atoms with Gasteiger partial charge in [-0.05, 0) is 43.4 Å². The van der Waals surface area contributed by atoms with Crippen LogP contribution in [0.5, 0.6) is 0 Å². The summed E-state index contributed by atoms with van der Waals surface area (Å²) in [6.45, 7) is 8.50. The number of hydrogen-bond donors (Lipinski definition) is 1. The van der Waals surface area contributed by atoms with Crippen LogP contribution in [0.15, 0.2) is 23.1 Å². The number of anilines is 1. The van der Waals surface area contributed by atoms with E-state index >= 15 is 0 Å². The second kappa shape index (κ2) is 8.14. The predicted molar refractivity (Wildman–Crippen MR) is 98.7 cm³/mol. The Labute approximate surface area is 149 Å². The van der Waals surface area contributed by atoms with Gasteiger partial charge in [0.15, 0.2) is 9.84 Å². The van der Waals surface area contributed by atoms with E-state index in [2.05, 4.69) is 24.1 Å². The molecule has 1 aromatic rings. The molecule has 7 nitrogen and oxygen atoms in total. The summed E-state index contributed by atoms with van der Waals surface area (Å²) in [4.78, 5) is 12.5. The molecule has 8 heteroatoms. The molecule has 0 spiro atoms. The number of nitrogens with zero attached hydrogens (tertiary/aromatic N) is 2. The molecule has 2 unspecified atom stereocenters. The van der Waals surface area contributed by atoms with E-state index in [0.717, 1.165) is 44.1 Å². The zero-order valence-corrected chi connectivity index (χ0v) is 15.9. The van der Waals surface area contributed by atoms with Crippen molar-refractivity contribution in [2.24, 2.45) is 11.8 Å². The molecule has 1 aromatic carbocycles. The Morgan fingerprint density at radius 3 is 2.48 bits per heavy atom. The fourth-order valence-corrected chi connectivity index (χ4v) is 4.45. The van der Waals surface area contributed by atoms with Gasteiger partial charge >= 0.3 is 0 Å². The summed E-state index contributed by atoms with van der Waals surface area (Å²) in [5.74, 6) is 1.45. The molecule has 1 aliphatic heterocycles. The summed E-state index contributed by atoms with van der Waals surface area (Å²) in [7, 11) is -3.65. The molecule has 0 amide bonds. The van der Waals surface area contributed by atoms with Crippen molar-refractivity contribution in [1.29, 1.82) is 0 Å². The minimum Gasteiger partial charge on any atom is -0.385 e. The Kier molecular flexibility index (Phi) is 6.40. The van der Waals surface area contributed by atoms with Gasteiger partial charge in [0.05, 0.1) is 4.92 Å². The van der Waals surface area contributed by atoms with Crippen LogP contribution in [0, 0.1) is 22.0 Å². The first-order valence-corrected chi connectivity index (χ1v) is 10.5. The number of nitro groups is 1. The standard InChI is InChI=1S/C17H27N3O4S/c1-13-9-14(2)12-19(11-13)8-4-7-18-15-5-6-16(20(21)22)17(10-15)25(3,23)24/h5-6,10,13-14,18H,4,7-9,11-12H2,1-3H3. The Morgan fingerprint density at radius 2 is 1.92 bits per heavy atom. The minimum atomic E-state index is -3.65. The van der Waals surface area contributed by atoms with Crippen LogP contribution in [-0.2, 0) is 9.84 Å². The van der Waals surface area contributed by atoms with E-state index in [0.29, 0.717) is 12.2 Å². The summed E-state index contributed by atoms with van der Waals surface area (Å²) in [5, 5.41) is 14.2. The summed E-state index contributed by atoms with van der Waals surface area (Å²) >= 11 is 0. The summed E-state index contributed by atoms with van der Waals surface area (Å²) in [5.41, 5.74) is 0.204. The fraction of sp³-hybridized carbons (Fsp3) is 0.647. The molecule has 1 heterocycles. The maximum atomic E-state index is 11.8. The highest BCUT2D eigenvalue weighted by molar-refractivity contribution is 7.90. The fourth-order valence-electron chi connectivity index (χ4n) is 3.58. The van der Waals surface area contributed by atoms with Gasteiger partial charge in [0, 0.05) is 37.6 Å². The van der Waals surface area contributed by atoms with Crippen LogP contribution < -0.4 is 5.32 Å². The van der Waals surface area contributed by atoms with Gasteiger partial charge in [-0.2, -0.15) is 0 Å². The molecule has 2 atom stereocenters. The van der Waals surface area contributed by atoms with Gasteiger partial charge in [0.1, 0.15) is 4.90 Å². The zero-order chi connectivity index (χ0) is 18.6. The van der Waals surface area contributed by atoms with E-state index in [9.17, 15) is 18.5 Å². The Morgan fingerprint density at radius 1 is 1.28 bits per heavy atom. The summed E-state index contributed by atoms with van der Waals surface area (Å²) < 4.78 is 23.5. The molecule has 1 saturated heterocycles. The molecule has 0 aromatic heterocycles. The van der Waals surface area contributed by atoms with Crippen LogP contribution in [0.4, 0.5) is 11.4 Å². The van der Waals surface area contributed by atoms with Crippen molar-refractivity contribution in [2.45, 2.75) is 31.6 Å². The lowest BCUT2D eigenvalue weighted by atomic mass is 9.92. The molecule has 0 bridgehead atoms. The first-order chi connectivity index (χ1) is 11.7. The van der Waals surface area contributed by atoms with Crippen LogP contribution in [0.2, 0.25) is 0 Å². The molecule has 1 fully saturated rings. The van der Waals surface area contributed by atoms with E-state index < -0.39 is 14.8 Å². The summed E-state index contributed by atoms with van der Waals surface area (Å²) in [6.07, 6.45) is 3.20. The SMILES string of the molecule is CC1CC(C)CN(CCCNc2ccc([N+](=O)[O-])c(S(C)(=O)=O)c2)C1. The van der Waals surface area contributed by atoms with E-state index in [1.807, 2.05) is 0 Å². The lowest BCUT2D eigenvalue weighted by molar-refractivity contribution is -0.387. The maximum absolute atomic E-state index is 11.8. The molecule has 0 saturated carbocycles. The first kappa shape index (κ1) is 19.7. The number of sulfone groups is 1. The molecule has 0 radical (unpaired) electrons. The maximum Gasteiger partial charge on any atom is 0.288 e. The van der Waals surface area contributed by atoms with E-state index in [4.69, 9.17) is 0 Å². The van der Waals surface area contributed by atoms with Crippen LogP contribution in [-0.4, -0.2) is 50.7 Å². The Balaban J connectivity index is 1.92. The van der Waals surface area contributed by atoms with E-state index in [-0.39, 0.29) is 10.6 Å². The van der Waals surface area contributed by atoms with Gasteiger partial charge in [-0.3, -0.25) is 10.1 Å². The van der Waals surface area contributed by atoms with Crippen molar-refractivity contribution in [1.82, 2.24) is 4.90 Å². The number of nitro benzene ring substituents is 1. The van der Waals surface area contributed by atoms with Crippen molar-refractivity contribution in [2.75, 3.05) is 37.8 Å². The highest BCUT2D eigenvalue weighted by Gasteiger charge is 2.23. The van der Waals surface area contributed by atoms with Gasteiger partial charge in [0.2, 0.25) is 0 Å². The normalized spacial score (nSPS) is 21.9. The number of hydrogen-bond acceptors (Lipinski definition) is 6. The third-order valence-electron chi connectivity index (χ3n) is 4.48. The van der Waals surface area contributed by atoms with Crippen LogP contribution in [0.3, 0.4) is 0 Å². The van der Waals surface area contributed by atoms with Crippen LogP contribution in [0.25, 0.3) is 0 Å². The minimum absolute atomic E-state index is 0.249. The number of likely N-dealkylation sites (tertiary alicyclic amines) is 1. The molecular formula is C17H27N3O4S. The Hall–Kier alpha value is -1.67. The number of rotatable bonds is 7. The van der Waals surface area contributed by atoms with Crippen molar-refractivity contribution in [3.63, 3.8) is 0 Å². The molecule has 25 heavy (non-hydrogen) atoms. The molecule has 1 aliphatic rings. The molecule has 140 valence electrons. The van der Waals surface area contributed by atoms with Gasteiger partial charge in [-0.15, -0.1) is 0 Å². The number of benzene rings is 1. The van der Waals surface area contributed by atoms with E-state index in [1.165, 1.54) is 18.6 Å². The van der Waals surface area contributed by atoms with Gasteiger partial charge in [0.25, 0.3) is 5.69 Å². The van der Waals surface area contributed by atoms with E-state index in [1.54, 1.807) is 6.07 Å². The second-order valence-electron chi connectivity index (χ2n) is 7.20. The molecule has 1 N–H and O–H groups in total. The lowest BCUT2D eigenvalue weighted by Crippen LogP contribution is -2.39. The highest BCUT2D eigenvalue weighted by Crippen LogP contribution is 2.27. The number of nitrogens with one attached hydrogen (secondary N) is 1. The topological polar surface area (TPSA) is 92.5 Å². The number of piperidine rings is 1. The lowest BCUT2D eigenvalue weighted by Gasteiger charge is -2.34. The third-order valence-corrected chi connectivity index (χ3v) is 5.61. The van der Waals surface area contributed by atoms with Gasteiger partial charge < -0.3 is 10.2 Å². The zero-order valence-electron chi connectivity index (χ0n) is 15.1. The predicted octanol–water partition coefficient (Wildman–Crippen LogP) is 2.78. The largest absolute Gasteiger partial charge is 0.385 e. The Bertz CT molecular complexity index is 711. The van der Waals surface area contributed by atoms with Crippen molar-refractivity contribution in [3.8, 4) is 0 Å². The third kappa shape index (κ3) is 5.67. The van der Waals surface area contributed by atoms with Crippen LogP contribution in [0.1, 0.15) is 26.7 Å². The van der Waals surface area contributed by atoms with Crippen molar-refractivity contribution >= 4 is 21.2 Å². The average molecular weight is 369 g/mol. The smallest absolute Gasteiger partial charge is 0.288 e. The summed E-state index contributed by atoms with van der Waals surface area (Å²) in [6, 6.07) is 4.14. The molecule has 2 rings (SSSR count). The van der Waals surface area contributed by atoms with Crippen LogP contribution >= 0.6 is 0 Å². The first-order valence-electron chi connectivity index (χ1n) is 8.61. The van der Waals surface area contributed by atoms with Crippen molar-refractivity contribution < 1.29 is 13.3 Å². The molecule has 0 aliphatic carbocycles. The monoisotopic (exact) mass is 369 g/mol. The quantitative estimate of drug-likeness (QED) is 0.451. The molecular weight excluding hydrogens is 342 g/mol. The van der Waals surface area contributed by atoms with Crippen molar-refractivity contribution in [3.05, 3.63) is 28.3 Å². The average Bonchev–Trinajstić information content (AvgIpc) is 2.49. The van der Waals surface area contributed by atoms with Gasteiger partial charge in [-0.1, -0.05) is 13.8 Å². The van der Waals surface area contributed by atoms with Gasteiger partial charge in [-0.25, -0.2) is 8.42 Å². The second-order valence-corrected chi connectivity index (χ2v) is 9.18. The highest BCUT2D eigenvalue weighted by atomic mass is 32.2.